The molecule has 96 valence electrons. The second-order valence-corrected chi connectivity index (χ2v) is 4.95. The van der Waals surface area contributed by atoms with Crippen molar-refractivity contribution in [1.82, 2.24) is 0 Å². The summed E-state index contributed by atoms with van der Waals surface area (Å²) in [6.45, 7) is 0. The topological polar surface area (TPSA) is 55.1 Å². The third-order valence-electron chi connectivity index (χ3n) is 3.64. The Morgan fingerprint density at radius 1 is 1.00 bits per heavy atom. The largest absolute Gasteiger partial charge is 0.397 e. The summed E-state index contributed by atoms with van der Waals surface area (Å²) in [4.78, 5) is 12.3. The summed E-state index contributed by atoms with van der Waals surface area (Å²) < 4.78 is 0. The minimum absolute atomic E-state index is 0.0111. The lowest BCUT2D eigenvalue weighted by molar-refractivity contribution is -0.119. The summed E-state index contributed by atoms with van der Waals surface area (Å²) in [5.41, 5.74) is 9.70. The van der Waals surface area contributed by atoms with Gasteiger partial charge < -0.3 is 11.1 Å². The van der Waals surface area contributed by atoms with Crippen LogP contribution in [0.5, 0.6) is 0 Å². The van der Waals surface area contributed by atoms with Crippen molar-refractivity contribution in [2.24, 2.45) is 5.92 Å². The standard InChI is InChI=1S/C16H16N2O/c17-14-7-3-4-8-15(14)18-16(19)13-9-11-5-1-2-6-12(11)10-13/h1-8,13H,9-10,17H2,(H,18,19). The molecule has 3 N–H and O–H groups in total. The molecule has 0 unspecified atom stereocenters. The highest BCUT2D eigenvalue weighted by atomic mass is 16.1. The molecule has 1 aliphatic carbocycles. The number of nitrogen functional groups attached to an aromatic ring is 1. The quantitative estimate of drug-likeness (QED) is 0.807. The van der Waals surface area contributed by atoms with E-state index < -0.39 is 0 Å². The molecule has 0 saturated carbocycles. The Balaban J connectivity index is 1.72. The predicted octanol–water partition coefficient (Wildman–Crippen LogP) is 2.62. The zero-order valence-electron chi connectivity index (χ0n) is 10.6. The van der Waals surface area contributed by atoms with Gasteiger partial charge in [-0.2, -0.15) is 0 Å². The highest BCUT2D eigenvalue weighted by molar-refractivity contribution is 5.96. The van der Waals surface area contributed by atoms with Gasteiger partial charge in [0, 0.05) is 5.92 Å². The van der Waals surface area contributed by atoms with Crippen LogP contribution in [0.2, 0.25) is 0 Å². The van der Waals surface area contributed by atoms with E-state index in [1.807, 2.05) is 30.3 Å². The predicted molar refractivity (Wildman–Crippen MR) is 76.8 cm³/mol. The number of benzene rings is 2. The Labute approximate surface area is 112 Å². The summed E-state index contributed by atoms with van der Waals surface area (Å²) >= 11 is 0. The molecule has 0 spiro atoms. The molecule has 0 saturated heterocycles. The van der Waals surface area contributed by atoms with Crippen LogP contribution in [0.4, 0.5) is 11.4 Å². The molecule has 0 radical (unpaired) electrons. The number of fused-ring (bicyclic) bond motifs is 1. The monoisotopic (exact) mass is 252 g/mol. The Kier molecular flexibility index (Phi) is 2.95. The lowest BCUT2D eigenvalue weighted by Gasteiger charge is -2.12. The average molecular weight is 252 g/mol. The van der Waals surface area contributed by atoms with Gasteiger partial charge in [0.15, 0.2) is 0 Å². The van der Waals surface area contributed by atoms with Gasteiger partial charge in [-0.15, -0.1) is 0 Å². The highest BCUT2D eigenvalue weighted by Gasteiger charge is 2.27. The Morgan fingerprint density at radius 3 is 2.21 bits per heavy atom. The van der Waals surface area contributed by atoms with Gasteiger partial charge in [0.25, 0.3) is 0 Å². The molecule has 0 aliphatic heterocycles. The van der Waals surface area contributed by atoms with Gasteiger partial charge in [-0.3, -0.25) is 4.79 Å². The number of hydrogen-bond donors (Lipinski definition) is 2. The fourth-order valence-corrected chi connectivity index (χ4v) is 2.59. The summed E-state index contributed by atoms with van der Waals surface area (Å²) in [5, 5.41) is 2.92. The van der Waals surface area contributed by atoms with Crippen molar-refractivity contribution in [2.45, 2.75) is 12.8 Å². The van der Waals surface area contributed by atoms with Gasteiger partial charge in [0.05, 0.1) is 11.4 Å². The first kappa shape index (κ1) is 11.8. The van der Waals surface area contributed by atoms with Crippen LogP contribution < -0.4 is 11.1 Å². The second-order valence-electron chi connectivity index (χ2n) is 4.95. The maximum Gasteiger partial charge on any atom is 0.228 e. The molecule has 0 fully saturated rings. The van der Waals surface area contributed by atoms with Gasteiger partial charge in [-0.25, -0.2) is 0 Å². The van der Waals surface area contributed by atoms with Crippen molar-refractivity contribution in [1.29, 1.82) is 0 Å². The SMILES string of the molecule is Nc1ccccc1NC(=O)C1Cc2ccccc2C1. The first-order valence-corrected chi connectivity index (χ1v) is 6.46. The Bertz CT molecular complexity index is 597. The van der Waals surface area contributed by atoms with Crippen molar-refractivity contribution in [2.75, 3.05) is 11.1 Å². The van der Waals surface area contributed by atoms with E-state index in [9.17, 15) is 4.79 Å². The average Bonchev–Trinajstić information content (AvgIpc) is 2.85. The van der Waals surface area contributed by atoms with Crippen LogP contribution in [-0.4, -0.2) is 5.91 Å². The van der Waals surface area contributed by atoms with Crippen LogP contribution in [0.3, 0.4) is 0 Å². The lowest BCUT2D eigenvalue weighted by atomic mass is 10.1. The molecule has 0 aromatic heterocycles. The van der Waals surface area contributed by atoms with E-state index in [1.165, 1.54) is 11.1 Å². The second kappa shape index (κ2) is 4.76. The Morgan fingerprint density at radius 2 is 1.58 bits per heavy atom. The van der Waals surface area contributed by atoms with E-state index in [0.29, 0.717) is 11.4 Å². The molecule has 1 amide bonds. The summed E-state index contributed by atoms with van der Waals surface area (Å²) in [7, 11) is 0. The molecule has 3 rings (SSSR count). The van der Waals surface area contributed by atoms with Gasteiger partial charge in [-0.1, -0.05) is 36.4 Å². The van der Waals surface area contributed by atoms with Gasteiger partial charge in [0.1, 0.15) is 0 Å². The van der Waals surface area contributed by atoms with E-state index in [2.05, 4.69) is 17.4 Å². The number of hydrogen-bond acceptors (Lipinski definition) is 2. The summed E-state index contributed by atoms with van der Waals surface area (Å²) in [6, 6.07) is 15.6. The van der Waals surface area contributed by atoms with Crippen LogP contribution in [0, 0.1) is 5.92 Å². The zero-order valence-corrected chi connectivity index (χ0v) is 10.6. The van der Waals surface area contributed by atoms with Crippen molar-refractivity contribution < 1.29 is 4.79 Å². The van der Waals surface area contributed by atoms with Gasteiger partial charge in [-0.05, 0) is 36.1 Å². The number of nitrogens with two attached hydrogens (primary N) is 1. The molecule has 3 nitrogen and oxygen atoms in total. The third kappa shape index (κ3) is 2.32. The van der Waals surface area contributed by atoms with E-state index in [4.69, 9.17) is 5.73 Å². The normalized spacial score (nSPS) is 14.1. The molecule has 19 heavy (non-hydrogen) atoms. The van der Waals surface area contributed by atoms with Crippen molar-refractivity contribution in [3.8, 4) is 0 Å². The molecule has 1 aliphatic rings. The fraction of sp³-hybridized carbons (Fsp3) is 0.188. The lowest BCUT2D eigenvalue weighted by Crippen LogP contribution is -2.23. The van der Waals surface area contributed by atoms with Crippen molar-refractivity contribution >= 4 is 17.3 Å². The van der Waals surface area contributed by atoms with E-state index in [-0.39, 0.29) is 11.8 Å². The fourth-order valence-electron chi connectivity index (χ4n) is 2.59. The number of carbonyl (C=O) groups excluding carboxylic acids is 1. The molecule has 0 atom stereocenters. The smallest absolute Gasteiger partial charge is 0.228 e. The number of nitrogens with one attached hydrogen (secondary N) is 1. The first-order valence-electron chi connectivity index (χ1n) is 6.46. The molecule has 3 heteroatoms. The van der Waals surface area contributed by atoms with E-state index in [1.54, 1.807) is 6.07 Å². The molecule has 0 bridgehead atoms. The van der Waals surface area contributed by atoms with Crippen LogP contribution in [-0.2, 0) is 17.6 Å². The van der Waals surface area contributed by atoms with Crippen molar-refractivity contribution in [3.05, 3.63) is 59.7 Å². The van der Waals surface area contributed by atoms with Crippen molar-refractivity contribution in [3.63, 3.8) is 0 Å². The molecule has 2 aromatic rings. The number of amides is 1. The molecular weight excluding hydrogens is 236 g/mol. The molecule has 0 heterocycles. The number of rotatable bonds is 2. The summed E-state index contributed by atoms with van der Waals surface area (Å²) in [6.07, 6.45) is 1.63. The summed E-state index contributed by atoms with van der Waals surface area (Å²) in [5.74, 6) is 0.0612. The van der Waals surface area contributed by atoms with E-state index >= 15 is 0 Å². The first-order chi connectivity index (χ1) is 9.24. The number of anilines is 2. The maximum absolute atomic E-state index is 12.3. The van der Waals surface area contributed by atoms with Crippen LogP contribution in [0.25, 0.3) is 0 Å². The van der Waals surface area contributed by atoms with Crippen LogP contribution in [0.15, 0.2) is 48.5 Å². The highest BCUT2D eigenvalue weighted by Crippen LogP contribution is 2.28. The van der Waals surface area contributed by atoms with Crippen LogP contribution in [0.1, 0.15) is 11.1 Å². The van der Waals surface area contributed by atoms with E-state index in [0.717, 1.165) is 12.8 Å². The number of carbonyl (C=O) groups is 1. The van der Waals surface area contributed by atoms with Crippen LogP contribution >= 0.6 is 0 Å². The maximum atomic E-state index is 12.3. The van der Waals surface area contributed by atoms with Gasteiger partial charge >= 0.3 is 0 Å². The minimum atomic E-state index is 0.0111. The zero-order chi connectivity index (χ0) is 13.2. The third-order valence-corrected chi connectivity index (χ3v) is 3.64. The number of para-hydroxylation sites is 2. The molecule has 2 aromatic carbocycles. The minimum Gasteiger partial charge on any atom is -0.397 e. The molecular formula is C16H16N2O. The Hall–Kier alpha value is -2.29. The van der Waals surface area contributed by atoms with Gasteiger partial charge in [0.2, 0.25) is 5.91 Å².